The van der Waals surface area contributed by atoms with E-state index >= 15 is 0 Å². The van der Waals surface area contributed by atoms with Crippen molar-refractivity contribution >= 4 is 34.5 Å². The molecule has 4 aliphatic carbocycles. The van der Waals surface area contributed by atoms with E-state index in [9.17, 15) is 9.59 Å². The number of nitrogens with one attached hydrogen (secondary N) is 2. The molecule has 4 bridgehead atoms. The van der Waals surface area contributed by atoms with Crippen LogP contribution in [-0.4, -0.2) is 52.7 Å². The summed E-state index contributed by atoms with van der Waals surface area (Å²) < 4.78 is 5.06. The van der Waals surface area contributed by atoms with Crippen LogP contribution in [0.1, 0.15) is 51.4 Å². The van der Waals surface area contributed by atoms with E-state index in [0.29, 0.717) is 6.54 Å². The molecule has 146 valence electrons. The van der Waals surface area contributed by atoms with Crippen molar-refractivity contribution in [3.8, 4) is 0 Å². The molecule has 5 fully saturated rings. The molecule has 1 heterocycles. The minimum Gasteiger partial charge on any atom is -0.375 e. The number of nitrogens with zero attached hydrogens (tertiary/aromatic N) is 1. The quantitative estimate of drug-likeness (QED) is 0.373. The van der Waals surface area contributed by atoms with Crippen molar-refractivity contribution in [1.82, 2.24) is 15.5 Å². The molecule has 2 atom stereocenters. The predicted molar refractivity (Wildman–Crippen MR) is 107 cm³/mol. The van der Waals surface area contributed by atoms with Crippen molar-refractivity contribution in [2.45, 2.75) is 67.0 Å². The number of carbonyl (C=O) groups is 2. The Morgan fingerprint density at radius 2 is 1.73 bits per heavy atom. The van der Waals surface area contributed by atoms with E-state index in [2.05, 4.69) is 33.2 Å². The lowest BCUT2D eigenvalue weighted by Crippen LogP contribution is -2.62. The second-order valence-corrected chi connectivity index (χ2v) is 10.4. The summed E-state index contributed by atoms with van der Waals surface area (Å²) >= 11 is 2.30. The van der Waals surface area contributed by atoms with Gasteiger partial charge in [-0.3, -0.25) is 4.79 Å². The van der Waals surface area contributed by atoms with Gasteiger partial charge in [0.2, 0.25) is 5.91 Å². The smallest absolute Gasteiger partial charge is 0.315 e. The van der Waals surface area contributed by atoms with Gasteiger partial charge in [0.15, 0.2) is 0 Å². The van der Waals surface area contributed by atoms with E-state index in [1.165, 1.54) is 38.5 Å². The summed E-state index contributed by atoms with van der Waals surface area (Å²) in [6, 6.07) is 0.134. The molecule has 26 heavy (non-hydrogen) atoms. The minimum atomic E-state index is -0.00258. The zero-order valence-electron chi connectivity index (χ0n) is 15.5. The average molecular weight is 475 g/mol. The topological polar surface area (TPSA) is 70.7 Å². The van der Waals surface area contributed by atoms with E-state index < -0.39 is 0 Å². The number of methoxy groups -OCH3 is 1. The predicted octanol–water partition coefficient (Wildman–Crippen LogP) is 2.65. The Morgan fingerprint density at radius 3 is 2.27 bits per heavy atom. The van der Waals surface area contributed by atoms with Crippen LogP contribution in [0, 0.1) is 17.8 Å². The highest BCUT2D eigenvalue weighted by atomic mass is 127. The summed E-state index contributed by atoms with van der Waals surface area (Å²) in [7, 11) is 1.54. The molecule has 5 aliphatic rings. The third kappa shape index (κ3) is 3.84. The van der Waals surface area contributed by atoms with Crippen LogP contribution in [0.3, 0.4) is 0 Å². The fraction of sp³-hybridized carbons (Fsp3) is 0.895. The van der Waals surface area contributed by atoms with Crippen molar-refractivity contribution in [3.63, 3.8) is 0 Å². The van der Waals surface area contributed by atoms with Gasteiger partial charge in [-0.05, 0) is 69.1 Å². The van der Waals surface area contributed by atoms with Crippen LogP contribution in [0.25, 0.3) is 0 Å². The molecule has 6 nitrogen and oxygen atoms in total. The molecule has 2 N–H and O–H groups in total. The maximum absolute atomic E-state index is 12.7. The number of hydrogen-bond acceptors (Lipinski definition) is 3. The first-order valence-electron chi connectivity index (χ1n) is 9.97. The van der Waals surface area contributed by atoms with E-state index in [1.807, 2.05) is 4.90 Å². The molecule has 0 aromatic carbocycles. The SMILES string of the molecule is COCC(=O)N1CCC(NC(=O)NC23CC4CC(CC(C4)C2)C3)CC1I. The Morgan fingerprint density at radius 1 is 1.12 bits per heavy atom. The van der Waals surface area contributed by atoms with Gasteiger partial charge in [0.25, 0.3) is 0 Å². The Bertz CT molecular complexity index is 535. The van der Waals surface area contributed by atoms with E-state index in [0.717, 1.165) is 30.6 Å². The number of likely N-dealkylation sites (tertiary alicyclic amines) is 1. The van der Waals surface area contributed by atoms with Crippen molar-refractivity contribution < 1.29 is 14.3 Å². The molecule has 0 spiro atoms. The van der Waals surface area contributed by atoms with Gasteiger partial charge >= 0.3 is 6.03 Å². The molecule has 0 radical (unpaired) electrons. The van der Waals surface area contributed by atoms with Crippen LogP contribution in [0.15, 0.2) is 0 Å². The first-order chi connectivity index (χ1) is 12.5. The number of urea groups is 1. The summed E-state index contributed by atoms with van der Waals surface area (Å²) in [6.45, 7) is 0.808. The van der Waals surface area contributed by atoms with E-state index in [1.54, 1.807) is 7.11 Å². The normalized spacial score (nSPS) is 41.2. The summed E-state index contributed by atoms with van der Waals surface area (Å²) in [5, 5.41) is 6.58. The molecule has 1 aliphatic heterocycles. The second kappa shape index (κ2) is 7.45. The summed E-state index contributed by atoms with van der Waals surface area (Å²) in [5.74, 6) is 2.52. The number of piperidine rings is 1. The molecular weight excluding hydrogens is 445 g/mol. The second-order valence-electron chi connectivity index (χ2n) is 8.97. The number of carbonyl (C=O) groups excluding carboxylic acids is 2. The van der Waals surface area contributed by atoms with Crippen molar-refractivity contribution in [2.24, 2.45) is 17.8 Å². The number of alkyl halides is 1. The molecule has 4 saturated carbocycles. The Balaban J connectivity index is 1.29. The molecule has 3 amide bonds. The van der Waals surface area contributed by atoms with Gasteiger partial charge < -0.3 is 20.3 Å². The number of hydrogen-bond donors (Lipinski definition) is 2. The first-order valence-corrected chi connectivity index (χ1v) is 11.2. The number of rotatable bonds is 4. The molecule has 7 heteroatoms. The number of ether oxygens (including phenoxy) is 1. The third-order valence-corrected chi connectivity index (χ3v) is 8.06. The van der Waals surface area contributed by atoms with Gasteiger partial charge in [0.1, 0.15) is 6.61 Å². The van der Waals surface area contributed by atoms with Crippen LogP contribution < -0.4 is 10.6 Å². The molecular formula is C19H30IN3O3. The molecule has 0 aromatic rings. The standard InChI is InChI=1S/C19H30IN3O3/c1-26-11-17(24)23-3-2-15(7-16(23)20)21-18(25)22-19-8-12-4-13(9-19)6-14(5-12)10-19/h12-16H,2-11H2,1H3,(H2,21,22,25). The van der Waals surface area contributed by atoms with Crippen molar-refractivity contribution in [1.29, 1.82) is 0 Å². The highest BCUT2D eigenvalue weighted by molar-refractivity contribution is 14.1. The lowest BCUT2D eigenvalue weighted by atomic mass is 9.53. The fourth-order valence-electron chi connectivity index (χ4n) is 6.26. The molecule has 5 rings (SSSR count). The van der Waals surface area contributed by atoms with Gasteiger partial charge in [0, 0.05) is 25.2 Å². The zero-order valence-corrected chi connectivity index (χ0v) is 17.7. The Hall–Kier alpha value is -0.570. The average Bonchev–Trinajstić information content (AvgIpc) is 2.53. The monoisotopic (exact) mass is 475 g/mol. The molecule has 0 aromatic heterocycles. The van der Waals surface area contributed by atoms with Gasteiger partial charge in [-0.1, -0.05) is 22.6 Å². The number of halogens is 1. The minimum absolute atomic E-state index is 0.00258. The Labute approximate surface area is 169 Å². The summed E-state index contributed by atoms with van der Waals surface area (Å²) in [5.41, 5.74) is 0.0533. The Kier molecular flexibility index (Phi) is 5.38. The van der Waals surface area contributed by atoms with Gasteiger partial charge in [0.05, 0.1) is 4.05 Å². The highest BCUT2D eigenvalue weighted by Gasteiger charge is 2.51. The fourth-order valence-corrected chi connectivity index (χ4v) is 7.46. The van der Waals surface area contributed by atoms with E-state index in [4.69, 9.17) is 4.74 Å². The summed E-state index contributed by atoms with van der Waals surface area (Å²) in [4.78, 5) is 26.6. The summed E-state index contributed by atoms with van der Waals surface area (Å²) in [6.07, 6.45) is 9.27. The van der Waals surface area contributed by atoms with E-state index in [-0.39, 0.29) is 34.2 Å². The van der Waals surface area contributed by atoms with Crippen molar-refractivity contribution in [3.05, 3.63) is 0 Å². The van der Waals surface area contributed by atoms with Crippen LogP contribution in [0.4, 0.5) is 4.79 Å². The van der Waals surface area contributed by atoms with Gasteiger partial charge in [-0.15, -0.1) is 0 Å². The van der Waals surface area contributed by atoms with Crippen LogP contribution in [0.5, 0.6) is 0 Å². The molecule has 2 unspecified atom stereocenters. The van der Waals surface area contributed by atoms with Crippen LogP contribution in [-0.2, 0) is 9.53 Å². The van der Waals surface area contributed by atoms with Gasteiger partial charge in [-0.25, -0.2) is 4.79 Å². The highest BCUT2D eigenvalue weighted by Crippen LogP contribution is 2.55. The maximum Gasteiger partial charge on any atom is 0.315 e. The third-order valence-electron chi connectivity index (χ3n) is 6.88. The lowest BCUT2D eigenvalue weighted by molar-refractivity contribution is -0.136. The number of amides is 3. The zero-order chi connectivity index (χ0) is 18.3. The first kappa shape index (κ1) is 18.8. The van der Waals surface area contributed by atoms with Crippen LogP contribution >= 0.6 is 22.6 Å². The lowest BCUT2D eigenvalue weighted by Gasteiger charge is -2.56. The van der Waals surface area contributed by atoms with Crippen LogP contribution in [0.2, 0.25) is 0 Å². The largest absolute Gasteiger partial charge is 0.375 e. The molecule has 1 saturated heterocycles. The maximum atomic E-state index is 12.7. The van der Waals surface area contributed by atoms with Crippen molar-refractivity contribution in [2.75, 3.05) is 20.3 Å². The van der Waals surface area contributed by atoms with Gasteiger partial charge in [-0.2, -0.15) is 0 Å².